The number of nitrogens with zero attached hydrogens (tertiary/aromatic N) is 3. The van der Waals surface area contributed by atoms with Crippen LogP contribution in [0.2, 0.25) is 0 Å². The van der Waals surface area contributed by atoms with E-state index in [1.165, 1.54) is 12.1 Å². The van der Waals surface area contributed by atoms with Crippen molar-refractivity contribution < 1.29 is 13.3 Å². The van der Waals surface area contributed by atoms with Gasteiger partial charge in [0, 0.05) is 31.9 Å². The van der Waals surface area contributed by atoms with Gasteiger partial charge in [0.05, 0.1) is 9.82 Å². The van der Waals surface area contributed by atoms with E-state index in [0.29, 0.717) is 6.54 Å². The normalized spacial score (nSPS) is 14.4. The van der Waals surface area contributed by atoms with Crippen molar-refractivity contribution >= 4 is 27.2 Å². The largest absolute Gasteiger partial charge is 0.375 e. The number of anilines is 2. The molecule has 10 heteroatoms. The number of pyridine rings is 1. The van der Waals surface area contributed by atoms with Crippen LogP contribution in [0.1, 0.15) is 18.4 Å². The third-order valence-corrected chi connectivity index (χ3v) is 5.13. The summed E-state index contributed by atoms with van der Waals surface area (Å²) in [6.07, 6.45) is 4.00. The van der Waals surface area contributed by atoms with Crippen molar-refractivity contribution in [1.29, 1.82) is 0 Å². The Labute approximate surface area is 151 Å². The van der Waals surface area contributed by atoms with Gasteiger partial charge in [0.15, 0.2) is 0 Å². The van der Waals surface area contributed by atoms with Crippen LogP contribution in [0, 0.1) is 10.1 Å². The fraction of sp³-hybridized carbons (Fsp3) is 0.312. The maximum absolute atomic E-state index is 11.4. The van der Waals surface area contributed by atoms with Crippen molar-refractivity contribution in [2.24, 2.45) is 5.14 Å². The summed E-state index contributed by atoms with van der Waals surface area (Å²) in [7, 11) is -4.00. The molecule has 26 heavy (non-hydrogen) atoms. The fourth-order valence-electron chi connectivity index (χ4n) is 2.88. The molecule has 0 aliphatic carbocycles. The number of rotatable bonds is 6. The van der Waals surface area contributed by atoms with Crippen LogP contribution in [-0.4, -0.2) is 31.4 Å². The molecule has 1 aromatic heterocycles. The molecule has 1 saturated heterocycles. The first-order chi connectivity index (χ1) is 12.3. The lowest BCUT2D eigenvalue weighted by atomic mass is 10.2. The van der Waals surface area contributed by atoms with E-state index >= 15 is 0 Å². The zero-order valence-electron chi connectivity index (χ0n) is 14.0. The van der Waals surface area contributed by atoms with Gasteiger partial charge in [-0.3, -0.25) is 10.1 Å². The second-order valence-electron chi connectivity index (χ2n) is 6.05. The van der Waals surface area contributed by atoms with Crippen LogP contribution in [0.4, 0.5) is 17.2 Å². The molecule has 2 heterocycles. The lowest BCUT2D eigenvalue weighted by Gasteiger charge is -2.17. The highest BCUT2D eigenvalue weighted by molar-refractivity contribution is 7.89. The molecule has 138 valence electrons. The van der Waals surface area contributed by atoms with Crippen molar-refractivity contribution in [3.05, 3.63) is 52.2 Å². The molecule has 1 aliphatic heterocycles. The third kappa shape index (κ3) is 4.09. The van der Waals surface area contributed by atoms with Gasteiger partial charge in [0.25, 0.3) is 5.69 Å². The van der Waals surface area contributed by atoms with Gasteiger partial charge in [0.1, 0.15) is 11.5 Å². The van der Waals surface area contributed by atoms with Crippen molar-refractivity contribution in [1.82, 2.24) is 4.98 Å². The summed E-state index contributed by atoms with van der Waals surface area (Å²) < 4.78 is 22.8. The zero-order valence-corrected chi connectivity index (χ0v) is 14.8. The number of hydrogen-bond donors (Lipinski definition) is 2. The maximum Gasteiger partial charge on any atom is 0.293 e. The number of nitro benzene ring substituents is 1. The van der Waals surface area contributed by atoms with Crippen LogP contribution < -0.4 is 15.4 Å². The number of primary sulfonamides is 1. The van der Waals surface area contributed by atoms with E-state index < -0.39 is 14.9 Å². The van der Waals surface area contributed by atoms with Crippen molar-refractivity contribution in [2.45, 2.75) is 24.3 Å². The van der Waals surface area contributed by atoms with Crippen LogP contribution in [0.25, 0.3) is 0 Å². The first kappa shape index (κ1) is 18.1. The Morgan fingerprint density at radius 3 is 2.62 bits per heavy atom. The molecule has 3 N–H and O–H groups in total. The number of nitrogens with two attached hydrogens (primary N) is 1. The number of aromatic nitrogens is 1. The summed E-state index contributed by atoms with van der Waals surface area (Å²) in [5.74, 6) is 0.890. The van der Waals surface area contributed by atoms with Gasteiger partial charge in [0.2, 0.25) is 10.0 Å². The molecule has 0 amide bonds. The number of sulfonamides is 1. The molecular weight excluding hydrogens is 358 g/mol. The smallest absolute Gasteiger partial charge is 0.293 e. The highest BCUT2D eigenvalue weighted by atomic mass is 32.2. The summed E-state index contributed by atoms with van der Waals surface area (Å²) in [5, 5.41) is 19.3. The maximum atomic E-state index is 11.4. The molecule has 0 radical (unpaired) electrons. The molecule has 1 fully saturated rings. The van der Waals surface area contributed by atoms with Crippen LogP contribution in [0.5, 0.6) is 0 Å². The summed E-state index contributed by atoms with van der Waals surface area (Å²) in [5.41, 5.74) is 0.805. The van der Waals surface area contributed by atoms with Crippen LogP contribution in [0.15, 0.2) is 41.4 Å². The van der Waals surface area contributed by atoms with E-state index in [-0.39, 0.29) is 16.3 Å². The second kappa shape index (κ2) is 7.26. The van der Waals surface area contributed by atoms with E-state index in [1.807, 2.05) is 12.1 Å². The fourth-order valence-corrected chi connectivity index (χ4v) is 3.41. The third-order valence-electron chi connectivity index (χ3n) is 4.22. The van der Waals surface area contributed by atoms with Crippen LogP contribution >= 0.6 is 0 Å². The molecular formula is C16H19N5O4S. The number of nitrogens with one attached hydrogen (secondary N) is 1. The first-order valence-electron chi connectivity index (χ1n) is 8.09. The molecule has 0 saturated carbocycles. The predicted molar refractivity (Wildman–Crippen MR) is 97.5 cm³/mol. The van der Waals surface area contributed by atoms with Gasteiger partial charge >= 0.3 is 0 Å². The molecule has 0 unspecified atom stereocenters. The number of hydrogen-bond acceptors (Lipinski definition) is 7. The Bertz CT molecular complexity index is 926. The molecule has 1 aromatic carbocycles. The van der Waals surface area contributed by atoms with Gasteiger partial charge < -0.3 is 10.2 Å². The summed E-state index contributed by atoms with van der Waals surface area (Å²) in [6, 6.07) is 7.33. The number of benzene rings is 1. The monoisotopic (exact) mass is 377 g/mol. The van der Waals surface area contributed by atoms with Crippen LogP contribution in [-0.2, 0) is 16.6 Å². The van der Waals surface area contributed by atoms with E-state index in [1.54, 1.807) is 6.20 Å². The highest BCUT2D eigenvalue weighted by Crippen LogP contribution is 2.28. The SMILES string of the molecule is NS(=O)(=O)c1ccc(NCc2ccnc(N3CCCC3)c2)c([N+](=O)[O-])c1. The van der Waals surface area contributed by atoms with Gasteiger partial charge in [-0.15, -0.1) is 0 Å². The average molecular weight is 377 g/mol. The summed E-state index contributed by atoms with van der Waals surface area (Å²) in [6.45, 7) is 2.30. The Hall–Kier alpha value is -2.72. The predicted octanol–water partition coefficient (Wildman–Crippen LogP) is 1.85. The van der Waals surface area contributed by atoms with E-state index in [4.69, 9.17) is 5.14 Å². The van der Waals surface area contributed by atoms with Crippen molar-refractivity contribution in [3.63, 3.8) is 0 Å². The van der Waals surface area contributed by atoms with Crippen LogP contribution in [0.3, 0.4) is 0 Å². The van der Waals surface area contributed by atoms with Gasteiger partial charge in [-0.05, 0) is 42.7 Å². The standard InChI is InChI=1S/C16H19N5O4S/c17-26(24,25)13-3-4-14(15(10-13)21(22)23)19-11-12-5-6-18-16(9-12)20-7-1-2-8-20/h3-6,9-10,19H,1-2,7-8,11H2,(H2,17,24,25). The first-order valence-corrected chi connectivity index (χ1v) is 9.64. The minimum atomic E-state index is -4.00. The Morgan fingerprint density at radius 1 is 1.23 bits per heavy atom. The lowest BCUT2D eigenvalue weighted by Crippen LogP contribution is -2.19. The van der Waals surface area contributed by atoms with Gasteiger partial charge in [-0.2, -0.15) is 0 Å². The highest BCUT2D eigenvalue weighted by Gasteiger charge is 2.19. The Balaban J connectivity index is 1.79. The average Bonchev–Trinajstić information content (AvgIpc) is 3.14. The van der Waals surface area contributed by atoms with Crippen molar-refractivity contribution in [3.8, 4) is 0 Å². The molecule has 1 aliphatic rings. The summed E-state index contributed by atoms with van der Waals surface area (Å²) in [4.78, 5) is 16.9. The quantitative estimate of drug-likeness (QED) is 0.580. The Morgan fingerprint density at radius 2 is 1.96 bits per heavy atom. The molecule has 3 rings (SSSR count). The lowest BCUT2D eigenvalue weighted by molar-refractivity contribution is -0.384. The van der Waals surface area contributed by atoms with E-state index in [0.717, 1.165) is 43.4 Å². The summed E-state index contributed by atoms with van der Waals surface area (Å²) >= 11 is 0. The zero-order chi connectivity index (χ0) is 18.7. The molecule has 9 nitrogen and oxygen atoms in total. The van der Waals surface area contributed by atoms with Gasteiger partial charge in [-0.1, -0.05) is 0 Å². The molecule has 0 bridgehead atoms. The van der Waals surface area contributed by atoms with E-state index in [9.17, 15) is 18.5 Å². The Kier molecular flexibility index (Phi) is 5.05. The minimum Gasteiger partial charge on any atom is -0.375 e. The minimum absolute atomic E-state index is 0.224. The molecule has 0 spiro atoms. The topological polar surface area (TPSA) is 131 Å². The molecule has 2 aromatic rings. The second-order valence-corrected chi connectivity index (χ2v) is 7.61. The molecule has 0 atom stereocenters. The number of nitro groups is 1. The van der Waals surface area contributed by atoms with E-state index in [2.05, 4.69) is 15.2 Å². The van der Waals surface area contributed by atoms with Crippen molar-refractivity contribution in [2.75, 3.05) is 23.3 Å². The van der Waals surface area contributed by atoms with Gasteiger partial charge in [-0.25, -0.2) is 18.5 Å².